The second-order valence-corrected chi connectivity index (χ2v) is 9.78. The van der Waals surface area contributed by atoms with Gasteiger partial charge in [-0.1, -0.05) is 41.4 Å². The highest BCUT2D eigenvalue weighted by Crippen LogP contribution is 2.45. The number of amides is 1. The van der Waals surface area contributed by atoms with Crippen LogP contribution in [0.2, 0.25) is 5.02 Å². The summed E-state index contributed by atoms with van der Waals surface area (Å²) in [5, 5.41) is 4.86. The van der Waals surface area contributed by atoms with Gasteiger partial charge in [-0.2, -0.15) is 0 Å². The third-order valence-electron chi connectivity index (χ3n) is 4.61. The van der Waals surface area contributed by atoms with Gasteiger partial charge in [-0.3, -0.25) is 4.79 Å². The smallest absolute Gasteiger partial charge is 0.225 e. The molecular weight excluding hydrogens is 402 g/mol. The first-order valence-electron chi connectivity index (χ1n) is 8.35. The highest BCUT2D eigenvalue weighted by molar-refractivity contribution is 7.91. The quantitative estimate of drug-likeness (QED) is 0.651. The van der Waals surface area contributed by atoms with Gasteiger partial charge in [0.2, 0.25) is 15.7 Å². The predicted octanol–water partition coefficient (Wildman–Crippen LogP) is 5.02. The maximum Gasteiger partial charge on any atom is 0.225 e. The van der Waals surface area contributed by atoms with Crippen molar-refractivity contribution < 1.29 is 13.2 Å². The van der Waals surface area contributed by atoms with Crippen LogP contribution in [0.3, 0.4) is 0 Å². The number of rotatable bonds is 3. The molecule has 1 aliphatic heterocycles. The van der Waals surface area contributed by atoms with E-state index >= 15 is 0 Å². The van der Waals surface area contributed by atoms with Crippen LogP contribution in [0.4, 0.5) is 5.69 Å². The van der Waals surface area contributed by atoms with E-state index in [1.807, 2.05) is 31.2 Å². The molecule has 4 nitrogen and oxygen atoms in total. The number of carbonyl (C=O) groups excluding carboxylic acids is 1. The predicted molar refractivity (Wildman–Crippen MR) is 107 cm³/mol. The van der Waals surface area contributed by atoms with E-state index in [-0.39, 0.29) is 21.6 Å². The first-order chi connectivity index (χ1) is 12.9. The SMILES string of the molecule is Cc1cccc(C2CC(=O)Nc3c(S(=O)(=O)c4ccc(Cl)cc4)csc32)c1. The van der Waals surface area contributed by atoms with Gasteiger partial charge < -0.3 is 5.32 Å². The van der Waals surface area contributed by atoms with Crippen LogP contribution in [-0.4, -0.2) is 14.3 Å². The Morgan fingerprint density at radius 1 is 1.15 bits per heavy atom. The second kappa shape index (κ2) is 6.78. The minimum Gasteiger partial charge on any atom is -0.324 e. The maximum atomic E-state index is 13.1. The molecule has 7 heteroatoms. The summed E-state index contributed by atoms with van der Waals surface area (Å²) in [5.41, 5.74) is 2.52. The van der Waals surface area contributed by atoms with Crippen molar-refractivity contribution >= 4 is 44.4 Å². The Bertz CT molecular complexity index is 1130. The molecule has 0 spiro atoms. The van der Waals surface area contributed by atoms with Crippen molar-refractivity contribution in [3.63, 3.8) is 0 Å². The zero-order valence-corrected chi connectivity index (χ0v) is 16.8. The Labute approximate surface area is 166 Å². The number of carbonyl (C=O) groups is 1. The molecule has 1 aliphatic rings. The fourth-order valence-corrected chi connectivity index (χ4v) is 6.33. The lowest BCUT2D eigenvalue weighted by molar-refractivity contribution is -0.116. The second-order valence-electron chi connectivity index (χ2n) is 6.52. The fourth-order valence-electron chi connectivity index (χ4n) is 3.30. The van der Waals surface area contributed by atoms with Crippen LogP contribution in [-0.2, 0) is 14.6 Å². The third kappa shape index (κ3) is 3.29. The van der Waals surface area contributed by atoms with Gasteiger partial charge in [-0.25, -0.2) is 8.42 Å². The van der Waals surface area contributed by atoms with Crippen LogP contribution in [0.25, 0.3) is 0 Å². The first-order valence-corrected chi connectivity index (χ1v) is 11.1. The van der Waals surface area contributed by atoms with Gasteiger partial charge >= 0.3 is 0 Å². The molecule has 1 N–H and O–H groups in total. The van der Waals surface area contributed by atoms with E-state index in [4.69, 9.17) is 11.6 Å². The van der Waals surface area contributed by atoms with Crippen LogP contribution in [0.1, 0.15) is 28.3 Å². The number of nitrogens with one attached hydrogen (secondary N) is 1. The Morgan fingerprint density at radius 3 is 2.59 bits per heavy atom. The number of aryl methyl sites for hydroxylation is 1. The van der Waals surface area contributed by atoms with Crippen LogP contribution >= 0.6 is 22.9 Å². The van der Waals surface area contributed by atoms with Crippen molar-refractivity contribution in [1.29, 1.82) is 0 Å². The molecule has 3 aromatic rings. The molecular formula is C20H16ClNO3S2. The largest absolute Gasteiger partial charge is 0.324 e. The van der Waals surface area contributed by atoms with Crippen molar-refractivity contribution in [2.75, 3.05) is 5.32 Å². The van der Waals surface area contributed by atoms with Crippen LogP contribution in [0.5, 0.6) is 0 Å². The number of hydrogen-bond acceptors (Lipinski definition) is 4. The molecule has 138 valence electrons. The summed E-state index contributed by atoms with van der Waals surface area (Å²) in [6.07, 6.45) is 0.303. The number of fused-ring (bicyclic) bond motifs is 1. The van der Waals surface area contributed by atoms with Gasteiger partial charge in [0.25, 0.3) is 0 Å². The average molecular weight is 418 g/mol. The number of sulfone groups is 1. The zero-order valence-electron chi connectivity index (χ0n) is 14.4. The van der Waals surface area contributed by atoms with E-state index in [2.05, 4.69) is 5.32 Å². The molecule has 4 rings (SSSR count). The number of halogens is 1. The van der Waals surface area contributed by atoms with Crippen molar-refractivity contribution in [2.45, 2.75) is 29.1 Å². The van der Waals surface area contributed by atoms with Gasteiger partial charge in [0, 0.05) is 27.6 Å². The van der Waals surface area contributed by atoms with E-state index in [9.17, 15) is 13.2 Å². The minimum absolute atomic E-state index is 0.135. The molecule has 27 heavy (non-hydrogen) atoms. The molecule has 0 fully saturated rings. The van der Waals surface area contributed by atoms with Crippen LogP contribution < -0.4 is 5.32 Å². The van der Waals surface area contributed by atoms with Crippen molar-refractivity contribution in [3.05, 3.63) is 74.9 Å². The lowest BCUT2D eigenvalue weighted by Crippen LogP contribution is -2.23. The lowest BCUT2D eigenvalue weighted by Gasteiger charge is -2.24. The molecule has 2 aromatic carbocycles. The standard InChI is InChI=1S/C20H16ClNO3S2/c1-12-3-2-4-13(9-12)16-10-18(23)22-19-17(11-26-20(16)19)27(24,25)15-7-5-14(21)6-8-15/h2-9,11,16H,10H2,1H3,(H,22,23). The van der Waals surface area contributed by atoms with Gasteiger partial charge in [-0.05, 0) is 36.8 Å². The topological polar surface area (TPSA) is 63.2 Å². The maximum absolute atomic E-state index is 13.1. The number of hydrogen-bond donors (Lipinski definition) is 1. The lowest BCUT2D eigenvalue weighted by atomic mass is 9.90. The minimum atomic E-state index is -3.75. The molecule has 0 aliphatic carbocycles. The summed E-state index contributed by atoms with van der Waals surface area (Å²) >= 11 is 7.24. The average Bonchev–Trinajstić information content (AvgIpc) is 3.06. The molecule has 1 amide bonds. The Kier molecular flexibility index (Phi) is 4.58. The Balaban J connectivity index is 1.83. The summed E-state index contributed by atoms with van der Waals surface area (Å²) < 4.78 is 26.2. The van der Waals surface area contributed by atoms with E-state index in [0.717, 1.165) is 16.0 Å². The molecule has 1 aromatic heterocycles. The van der Waals surface area contributed by atoms with Gasteiger partial charge in [0.1, 0.15) is 4.90 Å². The number of thiophene rings is 1. The van der Waals surface area contributed by atoms with E-state index in [0.29, 0.717) is 17.1 Å². The summed E-state index contributed by atoms with van der Waals surface area (Å²) in [4.78, 5) is 13.5. The zero-order chi connectivity index (χ0) is 19.2. The van der Waals surface area contributed by atoms with E-state index < -0.39 is 9.84 Å². The first kappa shape index (κ1) is 18.2. The van der Waals surface area contributed by atoms with Gasteiger partial charge in [0.05, 0.1) is 10.6 Å². The van der Waals surface area contributed by atoms with Gasteiger partial charge in [-0.15, -0.1) is 11.3 Å². The Morgan fingerprint density at radius 2 is 1.89 bits per heavy atom. The molecule has 2 heterocycles. The molecule has 0 radical (unpaired) electrons. The van der Waals surface area contributed by atoms with E-state index in [1.165, 1.54) is 23.5 Å². The van der Waals surface area contributed by atoms with E-state index in [1.54, 1.807) is 17.5 Å². The molecule has 0 saturated heterocycles. The highest BCUT2D eigenvalue weighted by Gasteiger charge is 2.34. The van der Waals surface area contributed by atoms with Crippen LogP contribution in [0.15, 0.2) is 63.7 Å². The van der Waals surface area contributed by atoms with Crippen molar-refractivity contribution in [3.8, 4) is 0 Å². The van der Waals surface area contributed by atoms with Crippen molar-refractivity contribution in [1.82, 2.24) is 0 Å². The number of anilines is 1. The molecule has 1 atom stereocenters. The van der Waals surface area contributed by atoms with Crippen molar-refractivity contribution in [2.24, 2.45) is 0 Å². The molecule has 0 saturated carbocycles. The summed E-state index contributed by atoms with van der Waals surface area (Å²) in [6, 6.07) is 14.0. The fraction of sp³-hybridized carbons (Fsp3) is 0.150. The van der Waals surface area contributed by atoms with Gasteiger partial charge in [0.15, 0.2) is 0 Å². The normalized spacial score (nSPS) is 16.7. The summed E-state index contributed by atoms with van der Waals surface area (Å²) in [6.45, 7) is 2.00. The number of benzene rings is 2. The molecule has 1 unspecified atom stereocenters. The summed E-state index contributed by atoms with van der Waals surface area (Å²) in [7, 11) is -3.75. The monoisotopic (exact) mass is 417 g/mol. The van der Waals surface area contributed by atoms with Crippen LogP contribution in [0, 0.1) is 6.92 Å². The Hall–Kier alpha value is -2.15. The third-order valence-corrected chi connectivity index (χ3v) is 7.91. The molecule has 0 bridgehead atoms. The summed E-state index contributed by atoms with van der Waals surface area (Å²) in [5.74, 6) is -0.326. The highest BCUT2D eigenvalue weighted by atomic mass is 35.5.